The van der Waals surface area contributed by atoms with Crippen molar-refractivity contribution in [3.8, 4) is 0 Å². The Morgan fingerprint density at radius 1 is 0.619 bits per heavy atom. The topological polar surface area (TPSA) is 37.3 Å². The van der Waals surface area contributed by atoms with Gasteiger partial charge in [0.05, 0.1) is 0 Å². The number of unbranched alkanes of at least 4 members (excludes halogenated alkanes) is 14. The first-order valence-corrected chi connectivity index (χ1v) is 8.99. The van der Waals surface area contributed by atoms with Crippen LogP contribution in [0, 0.1) is 0 Å². The van der Waals surface area contributed by atoms with Crippen LogP contribution in [-0.4, -0.2) is 11.1 Å². The van der Waals surface area contributed by atoms with Gasteiger partial charge in [0.2, 0.25) is 0 Å². The van der Waals surface area contributed by atoms with Crippen LogP contribution in [0.25, 0.3) is 0 Å². The van der Waals surface area contributed by atoms with Crippen molar-refractivity contribution >= 4 is 5.97 Å². The zero-order valence-electron chi connectivity index (χ0n) is 14.1. The molecule has 0 saturated carbocycles. The maximum atomic E-state index is 10.3. The van der Waals surface area contributed by atoms with E-state index in [9.17, 15) is 4.79 Å². The Labute approximate surface area is 144 Å². The molecule has 0 aromatic rings. The van der Waals surface area contributed by atoms with Crippen LogP contribution in [0.15, 0.2) is 0 Å². The summed E-state index contributed by atoms with van der Waals surface area (Å²) < 4.78 is 0. The van der Waals surface area contributed by atoms with E-state index in [4.69, 9.17) is 5.11 Å². The Hall–Kier alpha value is 0.0544. The quantitative estimate of drug-likeness (QED) is 0.335. The Balaban J connectivity index is 0. The first kappa shape index (κ1) is 23.3. The summed E-state index contributed by atoms with van der Waals surface area (Å²) >= 11 is 0. The van der Waals surface area contributed by atoms with Crippen molar-refractivity contribution in [1.82, 2.24) is 0 Å². The van der Waals surface area contributed by atoms with Gasteiger partial charge in [-0.25, -0.2) is 0 Å². The third-order valence-electron chi connectivity index (χ3n) is 3.99. The molecular formula is C18H36O2V. The molecule has 1 radical (unpaired) electrons. The molecule has 21 heavy (non-hydrogen) atoms. The second kappa shape index (κ2) is 20.1. The second-order valence-corrected chi connectivity index (χ2v) is 6.09. The van der Waals surface area contributed by atoms with E-state index in [0.29, 0.717) is 6.42 Å². The van der Waals surface area contributed by atoms with Gasteiger partial charge in [-0.1, -0.05) is 96.8 Å². The number of rotatable bonds is 16. The molecular weight excluding hydrogens is 299 g/mol. The largest absolute Gasteiger partial charge is 0.481 e. The minimum atomic E-state index is -0.653. The van der Waals surface area contributed by atoms with Crippen molar-refractivity contribution < 1.29 is 28.5 Å². The molecule has 0 aliphatic carbocycles. The monoisotopic (exact) mass is 335 g/mol. The average molecular weight is 335 g/mol. The molecule has 0 atom stereocenters. The summed E-state index contributed by atoms with van der Waals surface area (Å²) in [5.74, 6) is -0.653. The number of hydrogen-bond acceptors (Lipinski definition) is 1. The molecule has 0 heterocycles. The summed E-state index contributed by atoms with van der Waals surface area (Å²) in [6.45, 7) is 2.27. The zero-order chi connectivity index (χ0) is 14.9. The van der Waals surface area contributed by atoms with Crippen LogP contribution in [0.1, 0.15) is 110 Å². The Bertz CT molecular complexity index is 207. The smallest absolute Gasteiger partial charge is 0.303 e. The molecule has 0 unspecified atom stereocenters. The van der Waals surface area contributed by atoms with Gasteiger partial charge in [-0.15, -0.1) is 0 Å². The molecule has 125 valence electrons. The first-order chi connectivity index (χ1) is 9.77. The van der Waals surface area contributed by atoms with Gasteiger partial charge in [0.25, 0.3) is 0 Å². The summed E-state index contributed by atoms with van der Waals surface area (Å²) in [6.07, 6.45) is 20.2. The molecule has 0 saturated heterocycles. The van der Waals surface area contributed by atoms with Crippen molar-refractivity contribution in [3.63, 3.8) is 0 Å². The molecule has 0 rings (SSSR count). The molecule has 2 nitrogen and oxygen atoms in total. The molecule has 0 bridgehead atoms. The summed E-state index contributed by atoms with van der Waals surface area (Å²) in [5.41, 5.74) is 0. The Morgan fingerprint density at radius 2 is 0.905 bits per heavy atom. The van der Waals surface area contributed by atoms with E-state index in [-0.39, 0.29) is 18.6 Å². The first-order valence-electron chi connectivity index (χ1n) is 8.99. The zero-order valence-corrected chi connectivity index (χ0v) is 15.5. The number of carbonyl (C=O) groups is 1. The van der Waals surface area contributed by atoms with E-state index in [2.05, 4.69) is 6.92 Å². The molecule has 0 aliphatic heterocycles. The van der Waals surface area contributed by atoms with Gasteiger partial charge in [0, 0.05) is 25.0 Å². The van der Waals surface area contributed by atoms with E-state index in [1.54, 1.807) is 0 Å². The van der Waals surface area contributed by atoms with Crippen LogP contribution >= 0.6 is 0 Å². The number of carboxylic acid groups (broad SMARTS) is 1. The van der Waals surface area contributed by atoms with Crippen LogP contribution in [-0.2, 0) is 23.4 Å². The summed E-state index contributed by atoms with van der Waals surface area (Å²) in [5, 5.41) is 8.52. The second-order valence-electron chi connectivity index (χ2n) is 6.09. The van der Waals surface area contributed by atoms with Crippen LogP contribution in [0.2, 0.25) is 0 Å². The normalized spacial score (nSPS) is 10.3. The minimum Gasteiger partial charge on any atom is -0.481 e. The van der Waals surface area contributed by atoms with Crippen molar-refractivity contribution in [2.24, 2.45) is 0 Å². The van der Waals surface area contributed by atoms with Crippen LogP contribution < -0.4 is 0 Å². The third-order valence-corrected chi connectivity index (χ3v) is 3.99. The van der Waals surface area contributed by atoms with E-state index in [1.165, 1.54) is 83.5 Å². The summed E-state index contributed by atoms with van der Waals surface area (Å²) in [4.78, 5) is 10.3. The third kappa shape index (κ3) is 22.5. The molecule has 0 aliphatic rings. The summed E-state index contributed by atoms with van der Waals surface area (Å²) in [7, 11) is 0. The molecule has 1 N–H and O–H groups in total. The molecule has 0 aromatic heterocycles. The Kier molecular flexibility index (Phi) is 22.3. The molecule has 0 amide bonds. The Morgan fingerprint density at radius 3 is 1.19 bits per heavy atom. The van der Waals surface area contributed by atoms with Crippen LogP contribution in [0.4, 0.5) is 0 Å². The van der Waals surface area contributed by atoms with E-state index in [1.807, 2.05) is 0 Å². The van der Waals surface area contributed by atoms with Crippen LogP contribution in [0.5, 0.6) is 0 Å². The standard InChI is InChI=1S/C18H36O2.V/c1-2-3-4-5-6-7-8-9-10-11-12-13-14-15-16-17-18(19)20;/h2-17H2,1H3,(H,19,20);. The average Bonchev–Trinajstić information content (AvgIpc) is 2.43. The minimum absolute atomic E-state index is 0. The molecule has 0 fully saturated rings. The van der Waals surface area contributed by atoms with Crippen molar-refractivity contribution in [2.45, 2.75) is 110 Å². The number of aliphatic carboxylic acids is 1. The number of carboxylic acids is 1. The van der Waals surface area contributed by atoms with E-state index >= 15 is 0 Å². The fraction of sp³-hybridized carbons (Fsp3) is 0.944. The molecule has 0 spiro atoms. The fourth-order valence-electron chi connectivity index (χ4n) is 2.65. The van der Waals surface area contributed by atoms with E-state index in [0.717, 1.165) is 12.8 Å². The van der Waals surface area contributed by atoms with Crippen molar-refractivity contribution in [3.05, 3.63) is 0 Å². The fourth-order valence-corrected chi connectivity index (χ4v) is 2.65. The predicted molar refractivity (Wildman–Crippen MR) is 87.2 cm³/mol. The molecule has 3 heteroatoms. The van der Waals surface area contributed by atoms with Gasteiger partial charge in [-0.3, -0.25) is 4.79 Å². The predicted octanol–water partition coefficient (Wildman–Crippen LogP) is 6.33. The SMILES string of the molecule is CCCCCCCCCCCCCCCCCC(=O)O.[V]. The molecule has 0 aromatic carbocycles. The van der Waals surface area contributed by atoms with Gasteiger partial charge in [0.1, 0.15) is 0 Å². The maximum Gasteiger partial charge on any atom is 0.303 e. The van der Waals surface area contributed by atoms with Gasteiger partial charge >= 0.3 is 5.97 Å². The van der Waals surface area contributed by atoms with Crippen molar-refractivity contribution in [1.29, 1.82) is 0 Å². The summed E-state index contributed by atoms with van der Waals surface area (Å²) in [6, 6.07) is 0. The van der Waals surface area contributed by atoms with Gasteiger partial charge in [-0.05, 0) is 6.42 Å². The van der Waals surface area contributed by atoms with E-state index < -0.39 is 5.97 Å². The van der Waals surface area contributed by atoms with Crippen LogP contribution in [0.3, 0.4) is 0 Å². The number of hydrogen-bond donors (Lipinski definition) is 1. The van der Waals surface area contributed by atoms with Gasteiger partial charge in [0.15, 0.2) is 0 Å². The van der Waals surface area contributed by atoms with Gasteiger partial charge in [-0.2, -0.15) is 0 Å². The van der Waals surface area contributed by atoms with Gasteiger partial charge < -0.3 is 5.11 Å². The van der Waals surface area contributed by atoms with Crippen molar-refractivity contribution in [2.75, 3.05) is 0 Å². The maximum absolute atomic E-state index is 10.3.